The van der Waals surface area contributed by atoms with Gasteiger partial charge in [-0.25, -0.2) is 9.37 Å². The molecule has 0 fully saturated rings. The molecule has 3 rings (SSSR count). The number of nitrogens with zero attached hydrogens (tertiary/aromatic N) is 3. The van der Waals surface area contributed by atoms with Crippen molar-refractivity contribution in [3.63, 3.8) is 0 Å². The predicted molar refractivity (Wildman–Crippen MR) is 81.8 cm³/mol. The highest BCUT2D eigenvalue weighted by Gasteiger charge is 2.20. The fourth-order valence-corrected chi connectivity index (χ4v) is 3.24. The minimum atomic E-state index is -0.188. The lowest BCUT2D eigenvalue weighted by molar-refractivity contribution is 0.227. The highest BCUT2D eigenvalue weighted by atomic mass is 35.5. The average molecular weight is 308 g/mol. The quantitative estimate of drug-likeness (QED) is 0.863. The van der Waals surface area contributed by atoms with Crippen LogP contribution in [0.3, 0.4) is 0 Å². The molecule has 0 saturated carbocycles. The van der Waals surface area contributed by atoms with Crippen LogP contribution in [0.4, 0.5) is 4.39 Å². The number of fused-ring (bicyclic) bond motifs is 1. The van der Waals surface area contributed by atoms with E-state index >= 15 is 0 Å². The van der Waals surface area contributed by atoms with Crippen LogP contribution in [0.1, 0.15) is 17.8 Å². The van der Waals surface area contributed by atoms with Gasteiger partial charge >= 0.3 is 0 Å². The summed E-state index contributed by atoms with van der Waals surface area (Å²) in [4.78, 5) is 6.51. The van der Waals surface area contributed by atoms with Crippen molar-refractivity contribution < 1.29 is 4.39 Å². The van der Waals surface area contributed by atoms with E-state index in [1.165, 1.54) is 11.9 Å². The molecule has 1 aromatic heterocycles. The minimum Gasteiger partial charge on any atom is -0.335 e. The molecule has 1 aliphatic rings. The smallest absolute Gasteiger partial charge is 0.127 e. The zero-order chi connectivity index (χ0) is 14.8. The molecular weight excluding hydrogens is 289 g/mol. The summed E-state index contributed by atoms with van der Waals surface area (Å²) in [6.45, 7) is 2.53. The SMILES string of the molecule is CN(Cc1cc(Cl)ccc1F)C[C@H]1CCc2nccn2C1. The zero-order valence-corrected chi connectivity index (χ0v) is 12.9. The molecule has 0 amide bonds. The number of halogens is 2. The monoisotopic (exact) mass is 307 g/mol. The summed E-state index contributed by atoms with van der Waals surface area (Å²) in [7, 11) is 2.03. The van der Waals surface area contributed by atoms with E-state index in [9.17, 15) is 4.39 Å². The van der Waals surface area contributed by atoms with E-state index in [-0.39, 0.29) is 5.82 Å². The van der Waals surface area contributed by atoms with Gasteiger partial charge in [-0.3, -0.25) is 0 Å². The van der Waals surface area contributed by atoms with Crippen LogP contribution >= 0.6 is 11.6 Å². The van der Waals surface area contributed by atoms with Crippen molar-refractivity contribution in [3.8, 4) is 0 Å². The number of aryl methyl sites for hydroxylation is 1. The van der Waals surface area contributed by atoms with Gasteiger partial charge < -0.3 is 9.47 Å². The van der Waals surface area contributed by atoms with Crippen LogP contribution in [0.2, 0.25) is 5.02 Å². The van der Waals surface area contributed by atoms with Crippen molar-refractivity contribution in [1.82, 2.24) is 14.5 Å². The van der Waals surface area contributed by atoms with Crippen LogP contribution in [0, 0.1) is 11.7 Å². The van der Waals surface area contributed by atoms with E-state index in [1.54, 1.807) is 12.1 Å². The van der Waals surface area contributed by atoms with Gasteiger partial charge in [-0.15, -0.1) is 0 Å². The Morgan fingerprint density at radius 3 is 3.19 bits per heavy atom. The molecule has 5 heteroatoms. The normalized spacial score (nSPS) is 18.0. The summed E-state index contributed by atoms with van der Waals surface area (Å²) < 4.78 is 16.0. The second-order valence-corrected chi connectivity index (χ2v) is 6.27. The van der Waals surface area contributed by atoms with Crippen molar-refractivity contribution >= 4 is 11.6 Å². The lowest BCUT2D eigenvalue weighted by Crippen LogP contribution is -2.31. The molecule has 112 valence electrons. The Morgan fingerprint density at radius 1 is 1.48 bits per heavy atom. The first-order chi connectivity index (χ1) is 10.1. The summed E-state index contributed by atoms with van der Waals surface area (Å²) in [5, 5.41) is 0.584. The number of rotatable bonds is 4. The molecule has 0 aliphatic carbocycles. The Hall–Kier alpha value is -1.39. The lowest BCUT2D eigenvalue weighted by Gasteiger charge is -2.28. The van der Waals surface area contributed by atoms with Gasteiger partial charge in [0.15, 0.2) is 0 Å². The molecule has 0 N–H and O–H groups in total. The van der Waals surface area contributed by atoms with E-state index in [1.807, 2.05) is 19.4 Å². The summed E-state index contributed by atoms with van der Waals surface area (Å²) >= 11 is 5.94. The van der Waals surface area contributed by atoms with Crippen LogP contribution in [0.25, 0.3) is 0 Å². The molecule has 2 aromatic rings. The average Bonchev–Trinajstić information content (AvgIpc) is 2.90. The first kappa shape index (κ1) is 14.5. The third-order valence-corrected chi connectivity index (χ3v) is 4.29. The maximum Gasteiger partial charge on any atom is 0.127 e. The van der Waals surface area contributed by atoms with Gasteiger partial charge in [0.05, 0.1) is 0 Å². The second-order valence-electron chi connectivity index (χ2n) is 5.83. The zero-order valence-electron chi connectivity index (χ0n) is 12.1. The molecule has 2 heterocycles. The fraction of sp³-hybridized carbons (Fsp3) is 0.438. The van der Waals surface area contributed by atoms with E-state index in [0.717, 1.165) is 25.9 Å². The highest BCUT2D eigenvalue weighted by Crippen LogP contribution is 2.21. The molecule has 1 aromatic carbocycles. The Bertz CT molecular complexity index is 626. The standard InChI is InChI=1S/C16H19ClFN3/c1-20(11-13-8-14(17)3-4-15(13)18)9-12-2-5-16-19-6-7-21(16)10-12/h3-4,6-8,12H,2,5,9-11H2,1H3/t12-/m1/s1. The van der Waals surface area contributed by atoms with Crippen LogP contribution in [0.5, 0.6) is 0 Å². The first-order valence-electron chi connectivity index (χ1n) is 7.24. The fourth-order valence-electron chi connectivity index (χ4n) is 3.05. The molecule has 0 radical (unpaired) electrons. The van der Waals surface area contributed by atoms with Gasteiger partial charge in [-0.1, -0.05) is 11.6 Å². The molecule has 21 heavy (non-hydrogen) atoms. The number of hydrogen-bond donors (Lipinski definition) is 0. The molecular formula is C16H19ClFN3. The van der Waals surface area contributed by atoms with Crippen LogP contribution in [-0.2, 0) is 19.5 Å². The lowest BCUT2D eigenvalue weighted by atomic mass is 9.99. The Balaban J connectivity index is 1.60. The highest BCUT2D eigenvalue weighted by molar-refractivity contribution is 6.30. The van der Waals surface area contributed by atoms with Gasteiger partial charge in [0.2, 0.25) is 0 Å². The minimum absolute atomic E-state index is 0.188. The van der Waals surface area contributed by atoms with Gasteiger partial charge in [-0.05, 0) is 37.6 Å². The van der Waals surface area contributed by atoms with Gasteiger partial charge in [0.25, 0.3) is 0 Å². The molecule has 0 spiro atoms. The number of imidazole rings is 1. The van der Waals surface area contributed by atoms with Crippen molar-refractivity contribution in [2.24, 2.45) is 5.92 Å². The molecule has 1 atom stereocenters. The van der Waals surface area contributed by atoms with Gasteiger partial charge in [0.1, 0.15) is 11.6 Å². The number of hydrogen-bond acceptors (Lipinski definition) is 2. The topological polar surface area (TPSA) is 21.1 Å². The van der Waals surface area contributed by atoms with Crippen molar-refractivity contribution in [3.05, 3.63) is 52.8 Å². The van der Waals surface area contributed by atoms with E-state index in [0.29, 0.717) is 23.0 Å². The van der Waals surface area contributed by atoms with Crippen molar-refractivity contribution in [2.75, 3.05) is 13.6 Å². The summed E-state index contributed by atoms with van der Waals surface area (Å²) in [6, 6.07) is 4.73. The Labute approximate surface area is 129 Å². The van der Waals surface area contributed by atoms with E-state index < -0.39 is 0 Å². The van der Waals surface area contributed by atoms with E-state index in [4.69, 9.17) is 11.6 Å². The van der Waals surface area contributed by atoms with Crippen molar-refractivity contribution in [2.45, 2.75) is 25.9 Å². The summed E-state index contributed by atoms with van der Waals surface area (Å²) in [5.41, 5.74) is 0.657. The maximum absolute atomic E-state index is 13.8. The molecule has 3 nitrogen and oxygen atoms in total. The molecule has 0 saturated heterocycles. The number of aromatic nitrogens is 2. The Morgan fingerprint density at radius 2 is 2.33 bits per heavy atom. The summed E-state index contributed by atoms with van der Waals surface area (Å²) in [5.74, 6) is 1.57. The first-order valence-corrected chi connectivity index (χ1v) is 7.62. The van der Waals surface area contributed by atoms with Gasteiger partial charge in [0, 0.05) is 49.0 Å². The summed E-state index contributed by atoms with van der Waals surface area (Å²) in [6.07, 6.45) is 6.07. The predicted octanol–water partition coefficient (Wildman–Crippen LogP) is 3.37. The third kappa shape index (κ3) is 3.44. The third-order valence-electron chi connectivity index (χ3n) is 4.05. The van der Waals surface area contributed by atoms with Crippen molar-refractivity contribution in [1.29, 1.82) is 0 Å². The maximum atomic E-state index is 13.8. The van der Waals surface area contributed by atoms with E-state index in [2.05, 4.69) is 14.5 Å². The largest absolute Gasteiger partial charge is 0.335 e. The molecule has 0 bridgehead atoms. The van der Waals surface area contributed by atoms with Gasteiger partial charge in [-0.2, -0.15) is 0 Å². The van der Waals surface area contributed by atoms with Crippen LogP contribution in [0.15, 0.2) is 30.6 Å². The molecule has 1 aliphatic heterocycles. The Kier molecular flexibility index (Phi) is 4.27. The van der Waals surface area contributed by atoms with Crippen LogP contribution < -0.4 is 0 Å². The van der Waals surface area contributed by atoms with Crippen LogP contribution in [-0.4, -0.2) is 28.0 Å². The second kappa shape index (κ2) is 6.16. The molecule has 0 unspecified atom stereocenters. The number of benzene rings is 1.